The van der Waals surface area contributed by atoms with Crippen LogP contribution in [0.25, 0.3) is 0 Å². The predicted molar refractivity (Wildman–Crippen MR) is 184 cm³/mol. The molecule has 0 spiro atoms. The Labute approximate surface area is 274 Å². The minimum atomic E-state index is -0.127. The van der Waals surface area contributed by atoms with Crippen molar-refractivity contribution >= 4 is 35.1 Å². The minimum absolute atomic E-state index is 0.0920. The second kappa shape index (κ2) is 15.2. The van der Waals surface area contributed by atoms with Gasteiger partial charge in [0.1, 0.15) is 11.0 Å². The van der Waals surface area contributed by atoms with Crippen LogP contribution in [0.3, 0.4) is 0 Å². The van der Waals surface area contributed by atoms with E-state index in [4.69, 9.17) is 16.6 Å². The third-order valence-electron chi connectivity index (χ3n) is 7.98. The fourth-order valence-electron chi connectivity index (χ4n) is 5.52. The highest BCUT2D eigenvalue weighted by atomic mass is 35.5. The molecule has 2 heterocycles. The van der Waals surface area contributed by atoms with Crippen LogP contribution >= 0.6 is 23.4 Å². The Kier molecular flexibility index (Phi) is 10.4. The number of carbonyl (C=O) groups excluding carboxylic acids is 1. The lowest BCUT2D eigenvalue weighted by molar-refractivity contribution is 0.0936. The van der Waals surface area contributed by atoms with E-state index in [1.165, 1.54) is 11.1 Å². The number of hydrogen-bond acceptors (Lipinski definition) is 6. The van der Waals surface area contributed by atoms with Gasteiger partial charge in [0.2, 0.25) is 0 Å². The Morgan fingerprint density at radius 1 is 0.756 bits per heavy atom. The number of benzene rings is 4. The molecule has 0 saturated carbocycles. The first-order valence-corrected chi connectivity index (χ1v) is 16.6. The normalized spacial score (nSPS) is 14.2. The number of hydrogen-bond donors (Lipinski definition) is 1. The molecule has 1 atom stereocenters. The summed E-state index contributed by atoms with van der Waals surface area (Å²) in [5.74, 6) is 1.45. The van der Waals surface area contributed by atoms with Gasteiger partial charge in [-0.05, 0) is 40.8 Å². The van der Waals surface area contributed by atoms with Crippen LogP contribution in [-0.2, 0) is 18.7 Å². The minimum Gasteiger partial charge on any atom is -0.354 e. The number of thioether (sulfide) groups is 1. The number of aromatic nitrogens is 2. The van der Waals surface area contributed by atoms with E-state index in [-0.39, 0.29) is 11.9 Å². The number of carbonyl (C=O) groups is 1. The maximum atomic E-state index is 13.3. The highest BCUT2D eigenvalue weighted by Crippen LogP contribution is 2.26. The number of anilines is 1. The summed E-state index contributed by atoms with van der Waals surface area (Å²) in [7, 11) is 0. The van der Waals surface area contributed by atoms with E-state index in [0.29, 0.717) is 21.6 Å². The standard InChI is InChI=1S/C37H36ClN5OS/c38-34-25-35(43-22-20-42(21-23-43)26-29-12-6-2-7-13-29)41-37(40-34)45-27-30-16-18-32(19-17-30)36(44)39-33(31-14-8-3-9-15-31)24-28-10-4-1-5-11-28/h1-19,25,33H,20-24,26-27H2,(H,39,44). The maximum absolute atomic E-state index is 13.3. The Morgan fingerprint density at radius 2 is 1.38 bits per heavy atom. The van der Waals surface area contributed by atoms with Crippen molar-refractivity contribution in [2.24, 2.45) is 0 Å². The lowest BCUT2D eigenvalue weighted by atomic mass is 9.98. The van der Waals surface area contributed by atoms with Crippen molar-refractivity contribution in [1.29, 1.82) is 0 Å². The lowest BCUT2D eigenvalue weighted by Crippen LogP contribution is -2.46. The molecule has 1 saturated heterocycles. The van der Waals surface area contributed by atoms with Crippen molar-refractivity contribution < 1.29 is 4.79 Å². The Hall–Kier alpha value is -4.17. The Morgan fingerprint density at radius 3 is 2.04 bits per heavy atom. The van der Waals surface area contributed by atoms with E-state index in [1.54, 1.807) is 11.8 Å². The van der Waals surface area contributed by atoms with Gasteiger partial charge in [0.15, 0.2) is 5.16 Å². The fourth-order valence-corrected chi connectivity index (χ4v) is 6.55. The molecule has 1 aliphatic rings. The van der Waals surface area contributed by atoms with E-state index >= 15 is 0 Å². The van der Waals surface area contributed by atoms with Gasteiger partial charge in [-0.1, -0.05) is 126 Å². The van der Waals surface area contributed by atoms with Crippen molar-refractivity contribution in [1.82, 2.24) is 20.2 Å². The molecule has 1 fully saturated rings. The van der Waals surface area contributed by atoms with Crippen LogP contribution in [0.1, 0.15) is 38.7 Å². The van der Waals surface area contributed by atoms with Crippen molar-refractivity contribution in [3.05, 3.63) is 154 Å². The van der Waals surface area contributed by atoms with Gasteiger partial charge in [-0.2, -0.15) is 0 Å². The Balaban J connectivity index is 1.04. The quantitative estimate of drug-likeness (QED) is 0.0926. The number of amides is 1. The second-order valence-corrected chi connectivity index (χ2v) is 12.5. The summed E-state index contributed by atoms with van der Waals surface area (Å²) in [6.45, 7) is 4.69. The van der Waals surface area contributed by atoms with E-state index in [1.807, 2.05) is 66.7 Å². The highest BCUT2D eigenvalue weighted by Gasteiger charge is 2.20. The van der Waals surface area contributed by atoms with Gasteiger partial charge in [0, 0.05) is 50.1 Å². The first-order chi connectivity index (χ1) is 22.1. The number of nitrogens with zero attached hydrogens (tertiary/aromatic N) is 4. The molecule has 45 heavy (non-hydrogen) atoms. The van der Waals surface area contributed by atoms with Crippen LogP contribution in [0, 0.1) is 0 Å². The summed E-state index contributed by atoms with van der Waals surface area (Å²) in [5, 5.41) is 4.35. The van der Waals surface area contributed by atoms with Crippen LogP contribution in [0.15, 0.2) is 126 Å². The number of nitrogens with one attached hydrogen (secondary N) is 1. The van der Waals surface area contributed by atoms with Gasteiger partial charge >= 0.3 is 0 Å². The molecule has 1 aromatic heterocycles. The van der Waals surface area contributed by atoms with Gasteiger partial charge in [0.05, 0.1) is 6.04 Å². The average Bonchev–Trinajstić information content (AvgIpc) is 3.09. The van der Waals surface area contributed by atoms with E-state index < -0.39 is 0 Å². The molecule has 8 heteroatoms. The highest BCUT2D eigenvalue weighted by molar-refractivity contribution is 7.98. The summed E-state index contributed by atoms with van der Waals surface area (Å²) >= 11 is 7.98. The monoisotopic (exact) mass is 633 g/mol. The van der Waals surface area contributed by atoms with Crippen molar-refractivity contribution in [3.8, 4) is 0 Å². The zero-order valence-corrected chi connectivity index (χ0v) is 26.6. The molecule has 0 bridgehead atoms. The average molecular weight is 634 g/mol. The summed E-state index contributed by atoms with van der Waals surface area (Å²) < 4.78 is 0. The van der Waals surface area contributed by atoms with E-state index in [9.17, 15) is 4.79 Å². The molecule has 1 aliphatic heterocycles. The number of rotatable bonds is 11. The summed E-state index contributed by atoms with van der Waals surface area (Å²) in [6, 6.07) is 40.4. The topological polar surface area (TPSA) is 61.4 Å². The molecule has 228 valence electrons. The van der Waals surface area contributed by atoms with Gasteiger partial charge in [-0.3, -0.25) is 9.69 Å². The zero-order valence-electron chi connectivity index (χ0n) is 25.1. The van der Waals surface area contributed by atoms with Crippen molar-refractivity contribution in [2.45, 2.75) is 29.9 Å². The molecule has 1 amide bonds. The maximum Gasteiger partial charge on any atom is 0.251 e. The van der Waals surface area contributed by atoms with Crippen molar-refractivity contribution in [2.75, 3.05) is 31.1 Å². The third kappa shape index (κ3) is 8.72. The lowest BCUT2D eigenvalue weighted by Gasteiger charge is -2.35. The summed E-state index contributed by atoms with van der Waals surface area (Å²) in [4.78, 5) is 27.3. The van der Waals surface area contributed by atoms with Crippen molar-refractivity contribution in [3.63, 3.8) is 0 Å². The predicted octanol–water partition coefficient (Wildman–Crippen LogP) is 7.46. The van der Waals surface area contributed by atoms with E-state index in [0.717, 1.165) is 56.1 Å². The molecule has 0 aliphatic carbocycles. The SMILES string of the molecule is O=C(NC(Cc1ccccc1)c1ccccc1)c1ccc(CSc2nc(Cl)cc(N3CCN(Cc4ccccc4)CC3)n2)cc1. The van der Waals surface area contributed by atoms with Gasteiger partial charge in [0.25, 0.3) is 5.91 Å². The molecule has 0 radical (unpaired) electrons. The molecule has 6 nitrogen and oxygen atoms in total. The molecular formula is C37H36ClN5OS. The first kappa shape index (κ1) is 30.8. The molecule has 5 aromatic rings. The first-order valence-electron chi connectivity index (χ1n) is 15.3. The van der Waals surface area contributed by atoms with Crippen LogP contribution < -0.4 is 10.2 Å². The summed E-state index contributed by atoms with van der Waals surface area (Å²) in [5.41, 5.74) is 5.31. The van der Waals surface area contributed by atoms with Gasteiger partial charge in [-0.15, -0.1) is 0 Å². The number of halogens is 1. The van der Waals surface area contributed by atoms with Gasteiger partial charge in [-0.25, -0.2) is 9.97 Å². The molecule has 4 aromatic carbocycles. The van der Waals surface area contributed by atoms with Crippen LogP contribution in [0.2, 0.25) is 5.15 Å². The molecule has 1 N–H and O–H groups in total. The Bertz CT molecular complexity index is 1660. The number of piperazine rings is 1. The molecule has 6 rings (SSSR count). The smallest absolute Gasteiger partial charge is 0.251 e. The van der Waals surface area contributed by atoms with Crippen LogP contribution in [-0.4, -0.2) is 47.0 Å². The van der Waals surface area contributed by atoms with Crippen LogP contribution in [0.5, 0.6) is 0 Å². The largest absolute Gasteiger partial charge is 0.354 e. The second-order valence-electron chi connectivity index (χ2n) is 11.2. The fraction of sp³-hybridized carbons (Fsp3) is 0.216. The third-order valence-corrected chi connectivity index (χ3v) is 9.09. The van der Waals surface area contributed by atoms with E-state index in [2.05, 4.69) is 74.7 Å². The molecule has 1 unspecified atom stereocenters. The summed E-state index contributed by atoms with van der Waals surface area (Å²) in [6.07, 6.45) is 0.719. The zero-order chi connectivity index (χ0) is 30.8. The van der Waals surface area contributed by atoms with Gasteiger partial charge < -0.3 is 10.2 Å². The van der Waals surface area contributed by atoms with Crippen LogP contribution in [0.4, 0.5) is 5.82 Å². The molecular weight excluding hydrogens is 598 g/mol.